The van der Waals surface area contributed by atoms with Gasteiger partial charge in [-0.15, -0.1) is 0 Å². The lowest BCUT2D eigenvalue weighted by Gasteiger charge is -2.27. The van der Waals surface area contributed by atoms with E-state index in [4.69, 9.17) is 15.9 Å². The first-order valence-corrected chi connectivity index (χ1v) is 14.4. The van der Waals surface area contributed by atoms with Crippen molar-refractivity contribution in [3.63, 3.8) is 0 Å². The lowest BCUT2D eigenvalue weighted by molar-refractivity contribution is -0.144. The van der Waals surface area contributed by atoms with Crippen LogP contribution in [0.3, 0.4) is 0 Å². The number of rotatable bonds is 21. The number of nitrogens with two attached hydrogens (primary N) is 1. The van der Waals surface area contributed by atoms with Crippen molar-refractivity contribution < 1.29 is 58.8 Å². The molecule has 6 atom stereocenters. The fraction of sp³-hybridized carbons (Fsp3) is 0.517. The van der Waals surface area contributed by atoms with Gasteiger partial charge in [0.2, 0.25) is 23.6 Å². The van der Waals surface area contributed by atoms with E-state index < -0.39 is 116 Å². The molecule has 1 rings (SSSR count). The molecule has 0 aliphatic heterocycles. The Balaban J connectivity index is 3.30. The summed E-state index contributed by atoms with van der Waals surface area (Å²) in [4.78, 5) is 97.7. The van der Waals surface area contributed by atoms with Crippen LogP contribution in [0.1, 0.15) is 57.9 Å². The van der Waals surface area contributed by atoms with E-state index in [1.165, 1.54) is 0 Å². The number of carboxylic acids is 4. The summed E-state index contributed by atoms with van der Waals surface area (Å²) < 4.78 is 0. The van der Waals surface area contributed by atoms with Gasteiger partial charge in [-0.1, -0.05) is 50.6 Å². The highest BCUT2D eigenvalue weighted by molar-refractivity contribution is 5.96. The monoisotopic (exact) mass is 651 g/mol. The van der Waals surface area contributed by atoms with Crippen LogP contribution in [0.25, 0.3) is 0 Å². The molecule has 4 amide bonds. The largest absolute Gasteiger partial charge is 0.481 e. The van der Waals surface area contributed by atoms with Crippen LogP contribution < -0.4 is 27.0 Å². The van der Waals surface area contributed by atoms with Crippen LogP contribution in [-0.2, 0) is 44.8 Å². The van der Waals surface area contributed by atoms with Crippen molar-refractivity contribution in [1.29, 1.82) is 0 Å². The Morgan fingerprint density at radius 3 is 1.57 bits per heavy atom. The van der Waals surface area contributed by atoms with Crippen molar-refractivity contribution in [2.45, 2.75) is 89.0 Å². The fourth-order valence-corrected chi connectivity index (χ4v) is 4.17. The molecule has 0 aliphatic rings. The lowest BCUT2D eigenvalue weighted by atomic mass is 9.98. The second-order valence-corrected chi connectivity index (χ2v) is 10.7. The van der Waals surface area contributed by atoms with Crippen LogP contribution in [0, 0.1) is 5.92 Å². The summed E-state index contributed by atoms with van der Waals surface area (Å²) in [7, 11) is 0. The molecule has 254 valence electrons. The van der Waals surface area contributed by atoms with Crippen LogP contribution in [-0.4, -0.2) is 98.1 Å². The van der Waals surface area contributed by atoms with Crippen molar-refractivity contribution in [2.75, 3.05) is 0 Å². The number of amides is 4. The van der Waals surface area contributed by atoms with Crippen LogP contribution in [0.5, 0.6) is 0 Å². The molecule has 0 radical (unpaired) electrons. The SMILES string of the molecule is CCC(C)C(NC(=O)C(CCC(=O)O)NC(=O)C(CCC(=O)O)NC(=O)C(Cc1ccccc1)NC(=O)C(N)CC(=O)O)C(=O)O. The van der Waals surface area contributed by atoms with Gasteiger partial charge in [-0.2, -0.15) is 0 Å². The average molecular weight is 652 g/mol. The number of hydrogen-bond donors (Lipinski definition) is 9. The number of carbonyl (C=O) groups is 8. The Labute approximate surface area is 264 Å². The van der Waals surface area contributed by atoms with Crippen molar-refractivity contribution >= 4 is 47.5 Å². The smallest absolute Gasteiger partial charge is 0.326 e. The first-order chi connectivity index (χ1) is 21.5. The van der Waals surface area contributed by atoms with Gasteiger partial charge in [0.25, 0.3) is 0 Å². The molecule has 0 aromatic heterocycles. The number of hydrogen-bond acceptors (Lipinski definition) is 9. The minimum atomic E-state index is -1.61. The van der Waals surface area contributed by atoms with Gasteiger partial charge >= 0.3 is 23.9 Å². The van der Waals surface area contributed by atoms with E-state index in [1.54, 1.807) is 44.2 Å². The molecule has 0 fully saturated rings. The maximum Gasteiger partial charge on any atom is 0.326 e. The number of aliphatic carboxylic acids is 4. The molecule has 0 bridgehead atoms. The molecular weight excluding hydrogens is 610 g/mol. The molecule has 0 aliphatic carbocycles. The molecule has 0 saturated heterocycles. The summed E-state index contributed by atoms with van der Waals surface area (Å²) in [6, 6.07) is 0.795. The van der Waals surface area contributed by atoms with E-state index in [9.17, 15) is 48.6 Å². The first-order valence-electron chi connectivity index (χ1n) is 14.4. The van der Waals surface area contributed by atoms with Gasteiger partial charge in [-0.25, -0.2) is 4.79 Å². The molecule has 6 unspecified atom stereocenters. The molecule has 0 heterocycles. The van der Waals surface area contributed by atoms with E-state index in [2.05, 4.69) is 21.3 Å². The van der Waals surface area contributed by atoms with Gasteiger partial charge in [0, 0.05) is 19.3 Å². The summed E-state index contributed by atoms with van der Waals surface area (Å²) in [5.74, 6) is -9.94. The minimum absolute atomic E-state index is 0.138. The van der Waals surface area contributed by atoms with Crippen molar-refractivity contribution in [2.24, 2.45) is 11.7 Å². The van der Waals surface area contributed by atoms with Crippen molar-refractivity contribution in [3.05, 3.63) is 35.9 Å². The lowest BCUT2D eigenvalue weighted by Crippen LogP contribution is -2.59. The number of benzene rings is 1. The fourth-order valence-electron chi connectivity index (χ4n) is 4.17. The second-order valence-electron chi connectivity index (χ2n) is 10.7. The van der Waals surface area contributed by atoms with Gasteiger partial charge in [0.05, 0.1) is 12.5 Å². The van der Waals surface area contributed by atoms with E-state index >= 15 is 0 Å². The normalized spacial score (nSPS) is 14.7. The van der Waals surface area contributed by atoms with Gasteiger partial charge in [0.1, 0.15) is 24.2 Å². The first kappa shape index (κ1) is 39.0. The molecule has 10 N–H and O–H groups in total. The number of nitrogens with one attached hydrogen (secondary N) is 4. The highest BCUT2D eigenvalue weighted by atomic mass is 16.4. The number of carbonyl (C=O) groups excluding carboxylic acids is 4. The molecule has 1 aromatic carbocycles. The zero-order valence-corrected chi connectivity index (χ0v) is 25.4. The summed E-state index contributed by atoms with van der Waals surface area (Å²) >= 11 is 0. The molecule has 17 heteroatoms. The van der Waals surface area contributed by atoms with E-state index in [0.717, 1.165) is 0 Å². The van der Waals surface area contributed by atoms with Gasteiger partial charge in [-0.05, 0) is 24.3 Å². The van der Waals surface area contributed by atoms with E-state index in [1.807, 2.05) is 0 Å². The Morgan fingerprint density at radius 1 is 0.674 bits per heavy atom. The quantitative estimate of drug-likeness (QED) is 0.0758. The molecule has 0 spiro atoms. The average Bonchev–Trinajstić information content (AvgIpc) is 2.98. The van der Waals surface area contributed by atoms with Crippen LogP contribution in [0.15, 0.2) is 30.3 Å². The second kappa shape index (κ2) is 19.4. The molecule has 1 aromatic rings. The summed E-state index contributed by atoms with van der Waals surface area (Å²) in [5.41, 5.74) is 6.19. The Kier molecular flexibility index (Phi) is 16.4. The third-order valence-corrected chi connectivity index (χ3v) is 6.98. The molecular formula is C29H41N5O12. The van der Waals surface area contributed by atoms with E-state index in [-0.39, 0.29) is 6.42 Å². The predicted molar refractivity (Wildman–Crippen MR) is 159 cm³/mol. The zero-order valence-electron chi connectivity index (χ0n) is 25.4. The number of carboxylic acid groups (broad SMARTS) is 4. The highest BCUT2D eigenvalue weighted by Crippen LogP contribution is 2.11. The Hall–Kier alpha value is -5.06. The topological polar surface area (TPSA) is 292 Å². The van der Waals surface area contributed by atoms with Gasteiger partial charge in [0.15, 0.2) is 0 Å². The van der Waals surface area contributed by atoms with Crippen molar-refractivity contribution in [1.82, 2.24) is 21.3 Å². The maximum atomic E-state index is 13.4. The van der Waals surface area contributed by atoms with Crippen LogP contribution in [0.4, 0.5) is 0 Å². The third kappa shape index (κ3) is 14.1. The van der Waals surface area contributed by atoms with Gasteiger partial charge in [-0.3, -0.25) is 33.6 Å². The van der Waals surface area contributed by atoms with Crippen LogP contribution >= 0.6 is 0 Å². The standard InChI is InChI=1S/C29H41N5O12/c1-3-15(2)24(29(45)46)34-27(43)19(10-12-22(37)38)31-26(42)18(9-11-21(35)36)32-28(44)20(13-16-7-5-4-6-8-16)33-25(41)17(30)14-23(39)40/h4-8,15,17-20,24H,3,9-14,30H2,1-2H3,(H,31,42)(H,32,44)(H,33,41)(H,34,43)(H,35,36)(H,37,38)(H,39,40)(H,45,46). The summed E-state index contributed by atoms with van der Waals surface area (Å²) in [6.45, 7) is 3.26. The summed E-state index contributed by atoms with van der Waals surface area (Å²) in [5, 5.41) is 46.2. The highest BCUT2D eigenvalue weighted by Gasteiger charge is 2.33. The predicted octanol–water partition coefficient (Wildman–Crippen LogP) is -1.17. The molecule has 17 nitrogen and oxygen atoms in total. The van der Waals surface area contributed by atoms with Crippen molar-refractivity contribution in [3.8, 4) is 0 Å². The molecule has 46 heavy (non-hydrogen) atoms. The molecule has 0 saturated carbocycles. The zero-order chi connectivity index (χ0) is 35.0. The van der Waals surface area contributed by atoms with Gasteiger partial charge < -0.3 is 47.4 Å². The Bertz CT molecular complexity index is 1260. The van der Waals surface area contributed by atoms with E-state index in [0.29, 0.717) is 12.0 Å². The third-order valence-electron chi connectivity index (χ3n) is 6.98. The minimum Gasteiger partial charge on any atom is -0.481 e. The summed E-state index contributed by atoms with van der Waals surface area (Å²) in [6.07, 6.45) is -2.69. The van der Waals surface area contributed by atoms with Crippen LogP contribution in [0.2, 0.25) is 0 Å². The Morgan fingerprint density at radius 2 is 1.13 bits per heavy atom. The maximum absolute atomic E-state index is 13.4.